The lowest BCUT2D eigenvalue weighted by atomic mass is 10.0. The summed E-state index contributed by atoms with van der Waals surface area (Å²) in [5, 5.41) is 9.27. The van der Waals surface area contributed by atoms with Crippen LogP contribution >= 0.6 is 27.7 Å². The van der Waals surface area contributed by atoms with Gasteiger partial charge >= 0.3 is 0 Å². The van der Waals surface area contributed by atoms with Gasteiger partial charge in [-0.3, -0.25) is 4.79 Å². The summed E-state index contributed by atoms with van der Waals surface area (Å²) in [5.41, 5.74) is 10.2. The Kier molecular flexibility index (Phi) is 3.71. The van der Waals surface area contributed by atoms with Gasteiger partial charge in [0.1, 0.15) is 22.8 Å². The number of halogens is 1. The highest BCUT2D eigenvalue weighted by molar-refractivity contribution is 9.10. The van der Waals surface area contributed by atoms with Gasteiger partial charge in [-0.1, -0.05) is 30.3 Å². The third kappa shape index (κ3) is 2.38. The van der Waals surface area contributed by atoms with E-state index in [2.05, 4.69) is 24.7 Å². The van der Waals surface area contributed by atoms with E-state index in [-0.39, 0.29) is 11.5 Å². The van der Waals surface area contributed by atoms with Crippen LogP contribution in [0.1, 0.15) is 21.5 Å². The number of carbonyl (C=O) groups excluding carboxylic acids is 1. The maximum atomic E-state index is 12.9. The van der Waals surface area contributed by atoms with Gasteiger partial charge in [0.15, 0.2) is 5.78 Å². The SMILES string of the molecule is N#CC(N)=C1/C(=C/c2ccc(Br)c3nsnc23)C(=O)c2ccccc21. The lowest BCUT2D eigenvalue weighted by Gasteiger charge is -2.04. The number of carbonyl (C=O) groups is 1. The molecule has 7 heteroatoms. The molecule has 5 nitrogen and oxygen atoms in total. The van der Waals surface area contributed by atoms with Gasteiger partial charge < -0.3 is 5.73 Å². The summed E-state index contributed by atoms with van der Waals surface area (Å²) in [6.07, 6.45) is 1.73. The minimum absolute atomic E-state index is 0.0225. The van der Waals surface area contributed by atoms with Crippen LogP contribution in [0.25, 0.3) is 22.7 Å². The Hall–Kier alpha value is -2.82. The van der Waals surface area contributed by atoms with Crippen molar-refractivity contribution in [3.8, 4) is 6.07 Å². The van der Waals surface area contributed by atoms with E-state index in [0.717, 1.165) is 27.3 Å². The van der Waals surface area contributed by atoms with Gasteiger partial charge in [0, 0.05) is 26.7 Å². The van der Waals surface area contributed by atoms with Crippen molar-refractivity contribution in [2.24, 2.45) is 5.73 Å². The molecule has 0 saturated carbocycles. The maximum Gasteiger partial charge on any atom is 0.194 e. The van der Waals surface area contributed by atoms with Crippen LogP contribution in [-0.2, 0) is 0 Å². The maximum absolute atomic E-state index is 12.9. The van der Waals surface area contributed by atoms with Crippen molar-refractivity contribution in [3.05, 3.63) is 68.8 Å². The number of benzene rings is 2. The second kappa shape index (κ2) is 5.92. The quantitative estimate of drug-likeness (QED) is 0.486. The fourth-order valence-electron chi connectivity index (χ4n) is 2.91. The number of ketones is 1. The van der Waals surface area contributed by atoms with E-state index in [4.69, 9.17) is 5.73 Å². The highest BCUT2D eigenvalue weighted by Crippen LogP contribution is 2.39. The molecule has 0 radical (unpaired) electrons. The number of fused-ring (bicyclic) bond motifs is 2. The number of rotatable bonds is 1. The first-order chi connectivity index (χ1) is 12.1. The first kappa shape index (κ1) is 15.7. The van der Waals surface area contributed by atoms with Crippen molar-refractivity contribution in [2.75, 3.05) is 0 Å². The van der Waals surface area contributed by atoms with Gasteiger partial charge in [-0.2, -0.15) is 14.0 Å². The molecular formula is C18H9BrN4OS. The van der Waals surface area contributed by atoms with E-state index in [1.807, 2.05) is 24.3 Å². The first-order valence-corrected chi connectivity index (χ1v) is 8.81. The summed E-state index contributed by atoms with van der Waals surface area (Å²) in [6, 6.07) is 12.8. The molecular weight excluding hydrogens is 400 g/mol. The molecule has 2 aromatic carbocycles. The average Bonchev–Trinajstić information content (AvgIpc) is 3.22. The number of hydrogen-bond donors (Lipinski definition) is 1. The van der Waals surface area contributed by atoms with Gasteiger partial charge in [0.25, 0.3) is 0 Å². The van der Waals surface area contributed by atoms with Gasteiger partial charge in [-0.25, -0.2) is 0 Å². The fourth-order valence-corrected chi connectivity index (χ4v) is 4.02. The Morgan fingerprint density at radius 1 is 1.16 bits per heavy atom. The molecule has 4 rings (SSSR count). The number of hydrogen-bond acceptors (Lipinski definition) is 6. The summed E-state index contributed by atoms with van der Waals surface area (Å²) in [6.45, 7) is 0. The zero-order valence-corrected chi connectivity index (χ0v) is 15.1. The smallest absolute Gasteiger partial charge is 0.194 e. The Morgan fingerprint density at radius 2 is 1.88 bits per heavy atom. The third-order valence-electron chi connectivity index (χ3n) is 4.04. The molecule has 0 unspecified atom stereocenters. The van der Waals surface area contributed by atoms with Crippen LogP contribution in [0.2, 0.25) is 0 Å². The van der Waals surface area contributed by atoms with Crippen LogP contribution in [0.15, 0.2) is 52.1 Å². The first-order valence-electron chi connectivity index (χ1n) is 7.28. The minimum atomic E-state index is -0.150. The summed E-state index contributed by atoms with van der Waals surface area (Å²) in [7, 11) is 0. The molecule has 0 aliphatic heterocycles. The lowest BCUT2D eigenvalue weighted by molar-refractivity contribution is 0.104. The number of allylic oxidation sites excluding steroid dienone is 3. The molecule has 0 saturated heterocycles. The Morgan fingerprint density at radius 3 is 2.64 bits per heavy atom. The summed E-state index contributed by atoms with van der Waals surface area (Å²) in [5.74, 6) is -0.150. The van der Waals surface area contributed by atoms with Crippen molar-refractivity contribution >= 4 is 56.1 Å². The molecule has 1 heterocycles. The van der Waals surface area contributed by atoms with Crippen molar-refractivity contribution in [1.82, 2.24) is 8.75 Å². The third-order valence-corrected chi connectivity index (χ3v) is 5.21. The van der Waals surface area contributed by atoms with E-state index in [9.17, 15) is 10.1 Å². The topological polar surface area (TPSA) is 92.7 Å². The number of nitriles is 1. The van der Waals surface area contributed by atoms with E-state index < -0.39 is 0 Å². The fraction of sp³-hybridized carbons (Fsp3) is 0. The molecule has 0 spiro atoms. The Bertz CT molecular complexity index is 1150. The van der Waals surface area contributed by atoms with Crippen molar-refractivity contribution < 1.29 is 4.79 Å². The van der Waals surface area contributed by atoms with E-state index >= 15 is 0 Å². The predicted octanol–water partition coefficient (Wildman–Crippen LogP) is 3.93. The standard InChI is InChI=1S/C18H9BrN4OS/c19-13-6-5-9(16-17(13)23-25-22-16)7-12-15(14(21)8-20)10-3-1-2-4-11(10)18(12)24/h1-7H,21H2/b12-7-,15-14?. The molecule has 1 aromatic heterocycles. The van der Waals surface area contributed by atoms with Gasteiger partial charge in [-0.15, -0.1) is 0 Å². The monoisotopic (exact) mass is 408 g/mol. The summed E-state index contributed by atoms with van der Waals surface area (Å²) >= 11 is 4.55. The molecule has 0 atom stereocenters. The van der Waals surface area contributed by atoms with E-state index in [0.29, 0.717) is 27.8 Å². The Labute approximate surface area is 155 Å². The molecule has 120 valence electrons. The van der Waals surface area contributed by atoms with Crippen LogP contribution < -0.4 is 5.73 Å². The second-order valence-corrected chi connectivity index (χ2v) is 6.81. The van der Waals surface area contributed by atoms with Crippen LogP contribution in [0.4, 0.5) is 0 Å². The Balaban J connectivity index is 2.00. The van der Waals surface area contributed by atoms with Crippen LogP contribution in [0.5, 0.6) is 0 Å². The highest BCUT2D eigenvalue weighted by Gasteiger charge is 2.31. The largest absolute Gasteiger partial charge is 0.390 e. The van der Waals surface area contributed by atoms with Crippen LogP contribution in [0, 0.1) is 11.3 Å². The van der Waals surface area contributed by atoms with E-state index in [1.54, 1.807) is 24.3 Å². The molecule has 1 aliphatic rings. The van der Waals surface area contributed by atoms with Crippen LogP contribution in [-0.4, -0.2) is 14.5 Å². The van der Waals surface area contributed by atoms with E-state index in [1.165, 1.54) is 0 Å². The van der Waals surface area contributed by atoms with Crippen molar-refractivity contribution in [3.63, 3.8) is 0 Å². The van der Waals surface area contributed by atoms with Crippen molar-refractivity contribution in [1.29, 1.82) is 5.26 Å². The number of aromatic nitrogens is 2. The number of nitrogens with two attached hydrogens (primary N) is 1. The highest BCUT2D eigenvalue weighted by atomic mass is 79.9. The van der Waals surface area contributed by atoms with Crippen molar-refractivity contribution in [2.45, 2.75) is 0 Å². The summed E-state index contributed by atoms with van der Waals surface area (Å²) < 4.78 is 9.42. The molecule has 2 N–H and O–H groups in total. The van der Waals surface area contributed by atoms with Gasteiger partial charge in [-0.05, 0) is 33.6 Å². The molecule has 3 aromatic rings. The lowest BCUT2D eigenvalue weighted by Crippen LogP contribution is -2.01. The second-order valence-electron chi connectivity index (χ2n) is 5.43. The normalized spacial score (nSPS) is 17.0. The number of Topliss-reactive ketones (excluding diaryl/α,β-unsaturated/α-hetero) is 1. The zero-order chi connectivity index (χ0) is 17.6. The van der Waals surface area contributed by atoms with Gasteiger partial charge in [0.2, 0.25) is 0 Å². The zero-order valence-electron chi connectivity index (χ0n) is 12.7. The average molecular weight is 409 g/mol. The molecule has 0 bridgehead atoms. The molecule has 0 amide bonds. The molecule has 1 aliphatic carbocycles. The molecule has 0 fully saturated rings. The van der Waals surface area contributed by atoms with Crippen LogP contribution in [0.3, 0.4) is 0 Å². The summed E-state index contributed by atoms with van der Waals surface area (Å²) in [4.78, 5) is 12.9. The number of nitrogens with zero attached hydrogens (tertiary/aromatic N) is 3. The van der Waals surface area contributed by atoms with Gasteiger partial charge in [0.05, 0.1) is 11.7 Å². The predicted molar refractivity (Wildman–Crippen MR) is 101 cm³/mol. The minimum Gasteiger partial charge on any atom is -0.390 e. The molecule has 25 heavy (non-hydrogen) atoms.